The molecule has 0 saturated heterocycles. The summed E-state index contributed by atoms with van der Waals surface area (Å²) in [6.45, 7) is 16.0. The van der Waals surface area contributed by atoms with Gasteiger partial charge in [-0.25, -0.2) is 0 Å². The highest BCUT2D eigenvalue weighted by Gasteiger charge is 2.45. The Balaban J connectivity index is 4.87. The van der Waals surface area contributed by atoms with E-state index in [0.29, 0.717) is 19.1 Å². The average Bonchev–Trinajstić information content (AvgIpc) is 2.17. The van der Waals surface area contributed by atoms with Gasteiger partial charge >= 0.3 is 8.80 Å². The normalized spacial score (nSPS) is 13.4. The molecule has 0 aliphatic rings. The third kappa shape index (κ3) is 5.51. The van der Waals surface area contributed by atoms with Crippen LogP contribution in [0, 0.1) is 5.92 Å². The Hall–Kier alpha value is 0.0969. The van der Waals surface area contributed by atoms with Gasteiger partial charge in [0, 0.05) is 19.3 Å². The molecule has 3 nitrogen and oxygen atoms in total. The van der Waals surface area contributed by atoms with Crippen LogP contribution in [0.1, 0.15) is 54.9 Å². The van der Waals surface area contributed by atoms with Gasteiger partial charge in [0.05, 0.1) is 5.60 Å². The van der Waals surface area contributed by atoms with Crippen LogP contribution >= 0.6 is 0 Å². The van der Waals surface area contributed by atoms with Crippen LogP contribution in [0.2, 0.25) is 6.04 Å². The first-order valence-corrected chi connectivity index (χ1v) is 8.74. The van der Waals surface area contributed by atoms with E-state index in [1.54, 1.807) is 0 Å². The van der Waals surface area contributed by atoms with Crippen molar-refractivity contribution in [3.8, 4) is 0 Å². The lowest BCUT2D eigenvalue weighted by molar-refractivity contribution is -0.0344. The van der Waals surface area contributed by atoms with E-state index in [9.17, 15) is 0 Å². The summed E-state index contributed by atoms with van der Waals surface area (Å²) < 4.78 is 18.1. The SMILES string of the molecule is CCC[Si](OCC)(OCC)OC(C)(C)C(C)C. The second-order valence-electron chi connectivity index (χ2n) is 5.16. The molecule has 0 rings (SSSR count). The fourth-order valence-electron chi connectivity index (χ4n) is 1.56. The third-order valence-corrected chi connectivity index (χ3v) is 6.50. The molecule has 0 radical (unpaired) electrons. The molecule has 104 valence electrons. The van der Waals surface area contributed by atoms with E-state index in [1.807, 2.05) is 13.8 Å². The molecule has 0 bridgehead atoms. The maximum Gasteiger partial charge on any atom is 0.501 e. The van der Waals surface area contributed by atoms with E-state index in [1.165, 1.54) is 0 Å². The zero-order chi connectivity index (χ0) is 13.5. The minimum atomic E-state index is -2.49. The van der Waals surface area contributed by atoms with Crippen molar-refractivity contribution in [2.75, 3.05) is 13.2 Å². The Morgan fingerprint density at radius 1 is 1.00 bits per heavy atom. The molecule has 4 heteroatoms. The van der Waals surface area contributed by atoms with Gasteiger partial charge in [-0.15, -0.1) is 0 Å². The van der Waals surface area contributed by atoms with Gasteiger partial charge in [-0.05, 0) is 33.6 Å². The molecule has 0 N–H and O–H groups in total. The zero-order valence-corrected chi connectivity index (χ0v) is 13.6. The van der Waals surface area contributed by atoms with Crippen LogP contribution in [0.25, 0.3) is 0 Å². The van der Waals surface area contributed by atoms with E-state index in [0.717, 1.165) is 12.5 Å². The lowest BCUT2D eigenvalue weighted by Gasteiger charge is -2.39. The van der Waals surface area contributed by atoms with E-state index in [2.05, 4.69) is 34.6 Å². The van der Waals surface area contributed by atoms with Crippen LogP contribution < -0.4 is 0 Å². The Morgan fingerprint density at radius 2 is 1.47 bits per heavy atom. The number of hydrogen-bond donors (Lipinski definition) is 0. The van der Waals surface area contributed by atoms with Crippen LogP contribution in [0.3, 0.4) is 0 Å². The summed E-state index contributed by atoms with van der Waals surface area (Å²) in [7, 11) is -2.49. The van der Waals surface area contributed by atoms with Crippen molar-refractivity contribution in [1.29, 1.82) is 0 Å². The largest absolute Gasteiger partial charge is 0.501 e. The summed E-state index contributed by atoms with van der Waals surface area (Å²) in [5.41, 5.74) is -0.203. The van der Waals surface area contributed by atoms with Gasteiger partial charge in [0.2, 0.25) is 0 Å². The van der Waals surface area contributed by atoms with Gasteiger partial charge in [0.15, 0.2) is 0 Å². The molecule has 0 spiro atoms. The van der Waals surface area contributed by atoms with Gasteiger partial charge in [-0.1, -0.05) is 27.2 Å². The molecule has 0 aliphatic heterocycles. The maximum atomic E-state index is 6.30. The van der Waals surface area contributed by atoms with Crippen molar-refractivity contribution in [2.45, 2.75) is 66.5 Å². The molecule has 0 fully saturated rings. The number of hydrogen-bond acceptors (Lipinski definition) is 3. The highest BCUT2D eigenvalue weighted by Crippen LogP contribution is 2.29. The van der Waals surface area contributed by atoms with Crippen LogP contribution in [0.5, 0.6) is 0 Å². The highest BCUT2D eigenvalue weighted by atomic mass is 28.4. The molecule has 0 heterocycles. The minimum absolute atomic E-state index is 0.203. The maximum absolute atomic E-state index is 6.30. The molecule has 0 aliphatic carbocycles. The minimum Gasteiger partial charge on any atom is -0.374 e. The predicted molar refractivity (Wildman–Crippen MR) is 74.1 cm³/mol. The fourth-order valence-corrected chi connectivity index (χ4v) is 4.68. The summed E-state index contributed by atoms with van der Waals surface area (Å²) in [6, 6.07) is 0.894. The molecule has 0 aromatic rings. The first-order chi connectivity index (χ1) is 7.83. The Labute approximate surface area is 108 Å². The first kappa shape index (κ1) is 17.1. The van der Waals surface area contributed by atoms with Crippen LogP contribution in [-0.2, 0) is 13.3 Å². The molecule has 0 unspecified atom stereocenters. The molecule has 0 saturated carbocycles. The van der Waals surface area contributed by atoms with Gasteiger partial charge in [0.25, 0.3) is 0 Å². The second kappa shape index (κ2) is 7.51. The Morgan fingerprint density at radius 3 is 1.76 bits per heavy atom. The molecule has 0 aromatic heterocycles. The Bertz CT molecular complexity index is 188. The van der Waals surface area contributed by atoms with Crippen molar-refractivity contribution in [3.63, 3.8) is 0 Å². The Kier molecular flexibility index (Phi) is 7.56. The van der Waals surface area contributed by atoms with Gasteiger partial charge in [0.1, 0.15) is 0 Å². The van der Waals surface area contributed by atoms with E-state index >= 15 is 0 Å². The van der Waals surface area contributed by atoms with Gasteiger partial charge in [-0.3, -0.25) is 0 Å². The van der Waals surface area contributed by atoms with Crippen molar-refractivity contribution < 1.29 is 13.3 Å². The fraction of sp³-hybridized carbons (Fsp3) is 1.00. The smallest absolute Gasteiger partial charge is 0.374 e. The standard InChI is InChI=1S/C13H30O3Si/c1-8-11-17(14-9-2,15-10-3)16-13(6,7)12(4)5/h12H,8-11H2,1-7H3. The lowest BCUT2D eigenvalue weighted by atomic mass is 9.95. The van der Waals surface area contributed by atoms with Crippen molar-refractivity contribution in [1.82, 2.24) is 0 Å². The van der Waals surface area contributed by atoms with Crippen LogP contribution in [0.15, 0.2) is 0 Å². The number of rotatable bonds is 9. The molecule has 0 aromatic carbocycles. The summed E-state index contributed by atoms with van der Waals surface area (Å²) in [5.74, 6) is 0.437. The van der Waals surface area contributed by atoms with Crippen LogP contribution in [-0.4, -0.2) is 27.6 Å². The second-order valence-corrected chi connectivity index (χ2v) is 7.81. The summed E-state index contributed by atoms with van der Waals surface area (Å²) in [5, 5.41) is 0. The quantitative estimate of drug-likeness (QED) is 0.591. The lowest BCUT2D eigenvalue weighted by Crippen LogP contribution is -2.52. The van der Waals surface area contributed by atoms with Crippen molar-refractivity contribution >= 4 is 8.80 Å². The predicted octanol–water partition coefficient (Wildman–Crippen LogP) is 3.86. The average molecular weight is 262 g/mol. The molecule has 0 amide bonds. The summed E-state index contributed by atoms with van der Waals surface area (Å²) in [6.07, 6.45) is 1.03. The summed E-state index contributed by atoms with van der Waals surface area (Å²) >= 11 is 0. The molecular weight excluding hydrogens is 232 g/mol. The van der Waals surface area contributed by atoms with Gasteiger partial charge < -0.3 is 13.3 Å². The monoisotopic (exact) mass is 262 g/mol. The third-order valence-electron chi connectivity index (χ3n) is 3.09. The topological polar surface area (TPSA) is 27.7 Å². The van der Waals surface area contributed by atoms with E-state index in [4.69, 9.17) is 13.3 Å². The molecule has 17 heavy (non-hydrogen) atoms. The van der Waals surface area contributed by atoms with Crippen LogP contribution in [0.4, 0.5) is 0 Å². The van der Waals surface area contributed by atoms with Gasteiger partial charge in [-0.2, -0.15) is 0 Å². The molecule has 0 atom stereocenters. The molecular formula is C13H30O3Si. The summed E-state index contributed by atoms with van der Waals surface area (Å²) in [4.78, 5) is 0. The van der Waals surface area contributed by atoms with Crippen molar-refractivity contribution in [3.05, 3.63) is 0 Å². The highest BCUT2D eigenvalue weighted by molar-refractivity contribution is 6.60. The van der Waals surface area contributed by atoms with E-state index < -0.39 is 8.80 Å². The van der Waals surface area contributed by atoms with E-state index in [-0.39, 0.29) is 5.60 Å². The van der Waals surface area contributed by atoms with Crippen molar-refractivity contribution in [2.24, 2.45) is 5.92 Å². The first-order valence-electron chi connectivity index (χ1n) is 6.81. The zero-order valence-electron chi connectivity index (χ0n) is 12.6.